The van der Waals surface area contributed by atoms with Gasteiger partial charge in [-0.2, -0.15) is 19.6 Å². The number of anilines is 1. The van der Waals surface area contributed by atoms with Crippen LogP contribution >= 0.6 is 0 Å². The molecule has 1 unspecified atom stereocenters. The first kappa shape index (κ1) is 25.8. The Kier molecular flexibility index (Phi) is 7.97. The van der Waals surface area contributed by atoms with E-state index < -0.39 is 0 Å². The average molecular weight is 518 g/mol. The first-order valence-electron chi connectivity index (χ1n) is 13.3. The van der Waals surface area contributed by atoms with Crippen LogP contribution in [0, 0.1) is 5.92 Å². The number of carbonyl (C=O) groups excluding carboxylic acids is 2. The van der Waals surface area contributed by atoms with Crippen molar-refractivity contribution in [1.29, 1.82) is 0 Å². The lowest BCUT2D eigenvalue weighted by atomic mass is 9.90. The van der Waals surface area contributed by atoms with Crippen LogP contribution in [0.25, 0.3) is 5.65 Å². The van der Waals surface area contributed by atoms with Gasteiger partial charge in [-0.15, -0.1) is 0 Å². The van der Waals surface area contributed by atoms with Gasteiger partial charge in [-0.3, -0.25) is 9.59 Å². The van der Waals surface area contributed by atoms with E-state index >= 15 is 0 Å². The number of hydrogen-bond acceptors (Lipinski definition) is 8. The first-order chi connectivity index (χ1) is 18.5. The molecule has 0 saturated carbocycles. The number of Topliss-reactive ketones (excluding diaryl/α,β-unsaturated/α-hetero) is 1. The maximum absolute atomic E-state index is 13.0. The summed E-state index contributed by atoms with van der Waals surface area (Å²) < 4.78 is 7.79. The van der Waals surface area contributed by atoms with Crippen molar-refractivity contribution < 1.29 is 14.3 Å². The van der Waals surface area contributed by atoms with Crippen molar-refractivity contribution in [3.63, 3.8) is 0 Å². The van der Waals surface area contributed by atoms with Crippen LogP contribution in [0.4, 0.5) is 5.95 Å². The Morgan fingerprint density at radius 2 is 1.95 bits per heavy atom. The van der Waals surface area contributed by atoms with E-state index in [2.05, 4.69) is 38.9 Å². The standard InChI is InChI=1S/C28H35N7O3/c1-3-26(37)34-13-5-8-22(19-34)24(36)17-20-6-4-7-21(16-20)18-29-27-32-28(31-25-9-12-30-35(25)27)38-23-10-14-33(2)15-11-23/h3-4,6-7,9,12,16,22-23H,1,5,8,10-11,13-15,17-19H2,2H3,(H,29,31,32). The maximum atomic E-state index is 13.0. The van der Waals surface area contributed by atoms with Crippen molar-refractivity contribution in [2.75, 3.05) is 38.5 Å². The van der Waals surface area contributed by atoms with Crippen LogP contribution in [0.1, 0.15) is 36.8 Å². The lowest BCUT2D eigenvalue weighted by Crippen LogP contribution is -2.41. The fraction of sp³-hybridized carbons (Fsp3) is 0.464. The van der Waals surface area contributed by atoms with Gasteiger partial charge in [0, 0.05) is 51.1 Å². The third-order valence-corrected chi connectivity index (χ3v) is 7.36. The second-order valence-corrected chi connectivity index (χ2v) is 10.2. The van der Waals surface area contributed by atoms with Crippen LogP contribution in [0.15, 0.2) is 49.2 Å². The lowest BCUT2D eigenvalue weighted by Gasteiger charge is -2.31. The number of rotatable bonds is 9. The second kappa shape index (κ2) is 11.7. The third-order valence-electron chi connectivity index (χ3n) is 7.36. The number of ether oxygens (including phenoxy) is 1. The van der Waals surface area contributed by atoms with Gasteiger partial charge in [-0.25, -0.2) is 0 Å². The Morgan fingerprint density at radius 1 is 1.13 bits per heavy atom. The van der Waals surface area contributed by atoms with Crippen molar-refractivity contribution in [2.24, 2.45) is 5.92 Å². The molecule has 2 aliphatic heterocycles. The molecule has 2 fully saturated rings. The molecule has 0 spiro atoms. The van der Waals surface area contributed by atoms with Gasteiger partial charge in [0.05, 0.1) is 6.20 Å². The third kappa shape index (κ3) is 6.19. The van der Waals surface area contributed by atoms with Gasteiger partial charge in [0.15, 0.2) is 5.65 Å². The summed E-state index contributed by atoms with van der Waals surface area (Å²) in [4.78, 5) is 38.2. The molecule has 10 heteroatoms. The molecule has 5 rings (SSSR count). The Balaban J connectivity index is 1.22. The molecule has 4 heterocycles. The van der Waals surface area contributed by atoms with Gasteiger partial charge in [-0.1, -0.05) is 30.8 Å². The second-order valence-electron chi connectivity index (χ2n) is 10.2. The van der Waals surface area contributed by atoms with Gasteiger partial charge >= 0.3 is 6.01 Å². The monoisotopic (exact) mass is 517 g/mol. The predicted molar refractivity (Wildman–Crippen MR) is 144 cm³/mol. The van der Waals surface area contributed by atoms with Gasteiger partial charge in [0.2, 0.25) is 11.9 Å². The summed E-state index contributed by atoms with van der Waals surface area (Å²) in [6, 6.07) is 10.2. The van der Waals surface area contributed by atoms with Gasteiger partial charge in [0.1, 0.15) is 11.9 Å². The summed E-state index contributed by atoms with van der Waals surface area (Å²) in [5, 5.41) is 7.72. The number of hydrogen-bond donors (Lipinski definition) is 1. The molecule has 1 aromatic carbocycles. The topological polar surface area (TPSA) is 105 Å². The summed E-state index contributed by atoms with van der Waals surface area (Å²) in [6.07, 6.45) is 7.01. The highest BCUT2D eigenvalue weighted by Crippen LogP contribution is 2.21. The number of amides is 1. The predicted octanol–water partition coefficient (Wildman–Crippen LogP) is 2.75. The summed E-state index contributed by atoms with van der Waals surface area (Å²) in [6.45, 7) is 7.22. The fourth-order valence-electron chi connectivity index (χ4n) is 5.17. The molecular weight excluding hydrogens is 482 g/mol. The van der Waals surface area contributed by atoms with Crippen molar-refractivity contribution >= 4 is 23.3 Å². The SMILES string of the molecule is C=CC(=O)N1CCCC(C(=O)Cc2cccc(CNc3nc(OC4CCN(C)CC4)nc4ccnn34)c2)C1. The summed E-state index contributed by atoms with van der Waals surface area (Å²) in [7, 11) is 2.12. The average Bonchev–Trinajstić information content (AvgIpc) is 3.42. The first-order valence-corrected chi connectivity index (χ1v) is 13.3. The Hall–Kier alpha value is -3.79. The van der Waals surface area contributed by atoms with E-state index in [1.165, 1.54) is 6.08 Å². The van der Waals surface area contributed by atoms with Crippen molar-refractivity contribution in [1.82, 2.24) is 29.4 Å². The zero-order valence-corrected chi connectivity index (χ0v) is 21.9. The van der Waals surface area contributed by atoms with E-state index in [1.807, 2.05) is 30.3 Å². The highest BCUT2D eigenvalue weighted by Gasteiger charge is 2.27. The van der Waals surface area contributed by atoms with Crippen LogP contribution in [0.2, 0.25) is 0 Å². The molecule has 0 aliphatic carbocycles. The van der Waals surface area contributed by atoms with Crippen LogP contribution in [0.3, 0.4) is 0 Å². The number of nitrogens with one attached hydrogen (secondary N) is 1. The van der Waals surface area contributed by atoms with Gasteiger partial charge < -0.3 is 19.9 Å². The largest absolute Gasteiger partial charge is 0.460 e. The summed E-state index contributed by atoms with van der Waals surface area (Å²) >= 11 is 0. The fourth-order valence-corrected chi connectivity index (χ4v) is 5.17. The van der Waals surface area contributed by atoms with Crippen molar-refractivity contribution in [3.05, 3.63) is 60.3 Å². The minimum Gasteiger partial charge on any atom is -0.460 e. The van der Waals surface area contributed by atoms with E-state index in [1.54, 1.807) is 15.6 Å². The number of aromatic nitrogens is 4. The molecule has 38 heavy (non-hydrogen) atoms. The smallest absolute Gasteiger partial charge is 0.322 e. The molecule has 0 bridgehead atoms. The van der Waals surface area contributed by atoms with Crippen molar-refractivity contribution in [3.8, 4) is 6.01 Å². The van der Waals surface area contributed by atoms with Gasteiger partial charge in [-0.05, 0) is 49.9 Å². The molecule has 2 saturated heterocycles. The molecular formula is C28H35N7O3. The van der Waals surface area contributed by atoms with Crippen LogP contribution < -0.4 is 10.1 Å². The summed E-state index contributed by atoms with van der Waals surface area (Å²) in [5.74, 6) is 0.484. The van der Waals surface area contributed by atoms with E-state index in [4.69, 9.17) is 4.74 Å². The minimum absolute atomic E-state index is 0.102. The molecule has 200 valence electrons. The van der Waals surface area contributed by atoms with Gasteiger partial charge in [0.25, 0.3) is 0 Å². The number of fused-ring (bicyclic) bond motifs is 1. The highest BCUT2D eigenvalue weighted by molar-refractivity contribution is 5.88. The number of carbonyl (C=O) groups is 2. The Morgan fingerprint density at radius 3 is 2.76 bits per heavy atom. The Bertz CT molecular complexity index is 1300. The number of nitrogens with zero attached hydrogens (tertiary/aromatic N) is 6. The zero-order valence-electron chi connectivity index (χ0n) is 21.9. The number of ketones is 1. The van der Waals surface area contributed by atoms with E-state index in [0.717, 1.165) is 49.9 Å². The molecule has 2 aliphatic rings. The van der Waals surface area contributed by atoms with E-state index in [-0.39, 0.29) is 23.7 Å². The maximum Gasteiger partial charge on any atom is 0.322 e. The molecule has 0 radical (unpaired) electrons. The molecule has 1 amide bonds. The van der Waals surface area contributed by atoms with E-state index in [0.29, 0.717) is 43.7 Å². The van der Waals surface area contributed by atoms with Crippen LogP contribution in [-0.4, -0.2) is 80.4 Å². The zero-order chi connectivity index (χ0) is 26.5. The summed E-state index contributed by atoms with van der Waals surface area (Å²) in [5.41, 5.74) is 2.65. The molecule has 10 nitrogen and oxygen atoms in total. The number of likely N-dealkylation sites (tertiary alicyclic amines) is 2. The molecule has 1 atom stereocenters. The Labute approximate surface area is 222 Å². The van der Waals surface area contributed by atoms with Crippen LogP contribution in [0.5, 0.6) is 6.01 Å². The molecule has 3 aromatic rings. The molecule has 1 N–H and O–H groups in total. The number of piperidine rings is 2. The number of benzene rings is 1. The normalized spacial score (nSPS) is 18.9. The highest BCUT2D eigenvalue weighted by atomic mass is 16.5. The van der Waals surface area contributed by atoms with Crippen molar-refractivity contribution in [2.45, 2.75) is 44.8 Å². The van der Waals surface area contributed by atoms with E-state index in [9.17, 15) is 9.59 Å². The quantitative estimate of drug-likeness (QED) is 0.432. The molecule has 2 aromatic heterocycles. The minimum atomic E-state index is -0.133. The lowest BCUT2D eigenvalue weighted by molar-refractivity contribution is -0.130. The van der Waals surface area contributed by atoms with Crippen LogP contribution in [-0.2, 0) is 22.6 Å².